The summed E-state index contributed by atoms with van der Waals surface area (Å²) in [6, 6.07) is 13.0. The SMILES string of the molecule is CCC(C)C(NC(=O)c1ccccc1)C(=O)Oc1ccc([N+](=O)[O-])cc1. The number of carbonyl (C=O) groups excluding carboxylic acids is 2. The van der Waals surface area contributed by atoms with E-state index in [0.717, 1.165) is 0 Å². The molecular weight excluding hydrogens is 336 g/mol. The van der Waals surface area contributed by atoms with Crippen LogP contribution in [-0.2, 0) is 4.79 Å². The fraction of sp³-hybridized carbons (Fsp3) is 0.263. The first-order valence-electron chi connectivity index (χ1n) is 8.24. The molecule has 0 aliphatic heterocycles. The van der Waals surface area contributed by atoms with E-state index in [9.17, 15) is 19.7 Å². The Morgan fingerprint density at radius 1 is 1.12 bits per heavy atom. The Kier molecular flexibility index (Phi) is 6.43. The molecule has 0 radical (unpaired) electrons. The highest BCUT2D eigenvalue weighted by Gasteiger charge is 2.28. The van der Waals surface area contributed by atoms with E-state index >= 15 is 0 Å². The van der Waals surface area contributed by atoms with Gasteiger partial charge in [-0.3, -0.25) is 14.9 Å². The lowest BCUT2D eigenvalue weighted by molar-refractivity contribution is -0.384. The third-order valence-electron chi connectivity index (χ3n) is 4.06. The number of hydrogen-bond acceptors (Lipinski definition) is 5. The average molecular weight is 356 g/mol. The summed E-state index contributed by atoms with van der Waals surface area (Å²) in [6.45, 7) is 3.75. The van der Waals surface area contributed by atoms with Crippen LogP contribution in [0.3, 0.4) is 0 Å². The topological polar surface area (TPSA) is 98.5 Å². The number of carbonyl (C=O) groups is 2. The Labute approximate surface area is 151 Å². The van der Waals surface area contributed by atoms with Crippen molar-refractivity contribution in [1.29, 1.82) is 0 Å². The van der Waals surface area contributed by atoms with Crippen LogP contribution in [0.25, 0.3) is 0 Å². The van der Waals surface area contributed by atoms with Gasteiger partial charge in [-0.05, 0) is 30.2 Å². The molecule has 0 saturated heterocycles. The summed E-state index contributed by atoms with van der Waals surface area (Å²) in [7, 11) is 0. The van der Waals surface area contributed by atoms with Crippen molar-refractivity contribution in [1.82, 2.24) is 5.32 Å². The summed E-state index contributed by atoms with van der Waals surface area (Å²) in [6.07, 6.45) is 0.662. The number of rotatable bonds is 7. The van der Waals surface area contributed by atoms with Gasteiger partial charge in [-0.2, -0.15) is 0 Å². The molecule has 26 heavy (non-hydrogen) atoms. The molecule has 2 atom stereocenters. The highest BCUT2D eigenvalue weighted by Crippen LogP contribution is 2.19. The number of esters is 1. The molecule has 7 nitrogen and oxygen atoms in total. The van der Waals surface area contributed by atoms with E-state index in [1.807, 2.05) is 13.8 Å². The normalized spacial score (nSPS) is 12.7. The van der Waals surface area contributed by atoms with Crippen molar-refractivity contribution in [3.8, 4) is 5.75 Å². The van der Waals surface area contributed by atoms with Crippen LogP contribution in [0.5, 0.6) is 5.75 Å². The monoisotopic (exact) mass is 356 g/mol. The lowest BCUT2D eigenvalue weighted by Crippen LogP contribution is -2.47. The molecule has 1 N–H and O–H groups in total. The molecule has 2 rings (SSSR count). The maximum atomic E-state index is 12.5. The van der Waals surface area contributed by atoms with Crippen molar-refractivity contribution in [2.24, 2.45) is 5.92 Å². The lowest BCUT2D eigenvalue weighted by Gasteiger charge is -2.22. The van der Waals surface area contributed by atoms with E-state index in [1.165, 1.54) is 24.3 Å². The third-order valence-corrected chi connectivity index (χ3v) is 4.06. The zero-order chi connectivity index (χ0) is 19.1. The number of benzene rings is 2. The molecule has 2 unspecified atom stereocenters. The number of nitro benzene ring substituents is 1. The van der Waals surface area contributed by atoms with Gasteiger partial charge in [0.15, 0.2) is 0 Å². The van der Waals surface area contributed by atoms with Gasteiger partial charge < -0.3 is 10.1 Å². The summed E-state index contributed by atoms with van der Waals surface area (Å²) in [5.74, 6) is -0.940. The minimum Gasteiger partial charge on any atom is -0.425 e. The van der Waals surface area contributed by atoms with Crippen molar-refractivity contribution >= 4 is 17.6 Å². The van der Waals surface area contributed by atoms with Crippen LogP contribution in [0.1, 0.15) is 30.6 Å². The van der Waals surface area contributed by atoms with Gasteiger partial charge in [0.1, 0.15) is 11.8 Å². The smallest absolute Gasteiger partial charge is 0.334 e. The van der Waals surface area contributed by atoms with Gasteiger partial charge in [0, 0.05) is 17.7 Å². The summed E-state index contributed by atoms with van der Waals surface area (Å²) < 4.78 is 5.29. The van der Waals surface area contributed by atoms with Crippen molar-refractivity contribution in [2.75, 3.05) is 0 Å². The molecule has 0 spiro atoms. The molecule has 0 aliphatic carbocycles. The molecule has 0 bridgehead atoms. The van der Waals surface area contributed by atoms with E-state index in [-0.39, 0.29) is 23.3 Å². The van der Waals surface area contributed by atoms with Crippen molar-refractivity contribution < 1.29 is 19.2 Å². The van der Waals surface area contributed by atoms with Crippen LogP contribution < -0.4 is 10.1 Å². The molecule has 2 aromatic rings. The van der Waals surface area contributed by atoms with Gasteiger partial charge in [-0.25, -0.2) is 4.79 Å². The zero-order valence-electron chi connectivity index (χ0n) is 14.5. The summed E-state index contributed by atoms with van der Waals surface area (Å²) in [4.78, 5) is 35.0. The predicted molar refractivity (Wildman–Crippen MR) is 95.9 cm³/mol. The van der Waals surface area contributed by atoms with Gasteiger partial charge in [0.05, 0.1) is 4.92 Å². The first-order valence-corrected chi connectivity index (χ1v) is 8.24. The third kappa shape index (κ3) is 4.89. The fourth-order valence-corrected chi connectivity index (χ4v) is 2.30. The van der Waals surface area contributed by atoms with Gasteiger partial charge in [-0.15, -0.1) is 0 Å². The van der Waals surface area contributed by atoms with Crippen molar-refractivity contribution in [3.05, 3.63) is 70.3 Å². The Morgan fingerprint density at radius 2 is 1.73 bits per heavy atom. The molecule has 0 aliphatic rings. The maximum absolute atomic E-state index is 12.5. The molecular formula is C19H20N2O5. The Bertz CT molecular complexity index is 774. The largest absolute Gasteiger partial charge is 0.425 e. The standard InChI is InChI=1S/C19H20N2O5/c1-3-13(2)17(20-18(22)14-7-5-4-6-8-14)19(23)26-16-11-9-15(10-12-16)21(24)25/h4-13,17H,3H2,1-2H3,(H,20,22). The van der Waals surface area contributed by atoms with Crippen LogP contribution in [0.4, 0.5) is 5.69 Å². The number of non-ortho nitro benzene ring substituents is 1. The zero-order valence-corrected chi connectivity index (χ0v) is 14.5. The number of nitrogens with zero attached hydrogens (tertiary/aromatic N) is 1. The molecule has 0 fully saturated rings. The number of hydrogen-bond donors (Lipinski definition) is 1. The van der Waals surface area contributed by atoms with Gasteiger partial charge >= 0.3 is 5.97 Å². The Hall–Kier alpha value is -3.22. The molecule has 7 heteroatoms. The van der Waals surface area contributed by atoms with Crippen LogP contribution in [0, 0.1) is 16.0 Å². The van der Waals surface area contributed by atoms with E-state index in [4.69, 9.17) is 4.74 Å². The second-order valence-electron chi connectivity index (χ2n) is 5.87. The summed E-state index contributed by atoms with van der Waals surface area (Å²) in [5.41, 5.74) is 0.351. The van der Waals surface area contributed by atoms with Gasteiger partial charge in [-0.1, -0.05) is 38.5 Å². The predicted octanol–water partition coefficient (Wildman–Crippen LogP) is 3.34. The molecule has 0 saturated carbocycles. The van der Waals surface area contributed by atoms with Crippen LogP contribution in [0.2, 0.25) is 0 Å². The van der Waals surface area contributed by atoms with E-state index < -0.39 is 16.9 Å². The first-order chi connectivity index (χ1) is 12.4. The minimum atomic E-state index is -0.831. The summed E-state index contributed by atoms with van der Waals surface area (Å²) >= 11 is 0. The van der Waals surface area contributed by atoms with E-state index in [2.05, 4.69) is 5.32 Å². The summed E-state index contributed by atoms with van der Waals surface area (Å²) in [5, 5.41) is 13.4. The van der Waals surface area contributed by atoms with Gasteiger partial charge in [0.2, 0.25) is 0 Å². The lowest BCUT2D eigenvalue weighted by atomic mass is 9.98. The van der Waals surface area contributed by atoms with Crippen molar-refractivity contribution in [2.45, 2.75) is 26.3 Å². The highest BCUT2D eigenvalue weighted by atomic mass is 16.6. The number of ether oxygens (including phenoxy) is 1. The fourth-order valence-electron chi connectivity index (χ4n) is 2.30. The van der Waals surface area contributed by atoms with Crippen LogP contribution in [-0.4, -0.2) is 22.8 Å². The second kappa shape index (κ2) is 8.75. The number of nitro groups is 1. The van der Waals surface area contributed by atoms with E-state index in [0.29, 0.717) is 12.0 Å². The second-order valence-corrected chi connectivity index (χ2v) is 5.87. The number of amides is 1. The average Bonchev–Trinajstić information content (AvgIpc) is 2.66. The van der Waals surface area contributed by atoms with Gasteiger partial charge in [0.25, 0.3) is 11.6 Å². The Balaban J connectivity index is 2.11. The highest BCUT2D eigenvalue weighted by molar-refractivity contribution is 5.97. The molecule has 1 amide bonds. The maximum Gasteiger partial charge on any atom is 0.334 e. The quantitative estimate of drug-likeness (QED) is 0.355. The Morgan fingerprint density at radius 3 is 2.27 bits per heavy atom. The van der Waals surface area contributed by atoms with Crippen LogP contribution in [0.15, 0.2) is 54.6 Å². The van der Waals surface area contributed by atoms with E-state index in [1.54, 1.807) is 30.3 Å². The molecule has 0 aromatic heterocycles. The van der Waals surface area contributed by atoms with Crippen LogP contribution >= 0.6 is 0 Å². The molecule has 136 valence electrons. The first kappa shape index (κ1) is 19.1. The minimum absolute atomic E-state index is 0.0966. The molecule has 2 aromatic carbocycles. The number of nitrogens with one attached hydrogen (secondary N) is 1. The van der Waals surface area contributed by atoms with Crippen molar-refractivity contribution in [3.63, 3.8) is 0 Å². The molecule has 0 heterocycles.